The van der Waals surface area contributed by atoms with Crippen LogP contribution in [0.25, 0.3) is 10.9 Å². The quantitative estimate of drug-likeness (QED) is 0.730. The molecule has 1 N–H and O–H groups in total. The van der Waals surface area contributed by atoms with Gasteiger partial charge < -0.3 is 4.90 Å². The number of para-hydroxylation sites is 1. The smallest absolute Gasteiger partial charge is 0.133 e. The highest BCUT2D eigenvalue weighted by Crippen LogP contribution is 2.32. The number of fused-ring (bicyclic) bond motifs is 2. The molecule has 0 fully saturated rings. The maximum absolute atomic E-state index is 8.45. The normalized spacial score (nSPS) is 13.8. The molecule has 0 unspecified atom stereocenters. The van der Waals surface area contributed by atoms with E-state index in [-0.39, 0.29) is 0 Å². The van der Waals surface area contributed by atoms with E-state index in [1.54, 1.807) is 0 Å². The Morgan fingerprint density at radius 2 is 1.86 bits per heavy atom. The molecule has 102 valence electrons. The molecule has 0 bridgehead atoms. The summed E-state index contributed by atoms with van der Waals surface area (Å²) in [6.45, 7) is 2.74. The second-order valence-electron chi connectivity index (χ2n) is 5.39. The monoisotopic (exact) mass is 273 g/mol. The van der Waals surface area contributed by atoms with Crippen LogP contribution in [0.15, 0.2) is 54.6 Å². The number of hydrogen-bond donors (Lipinski definition) is 1. The van der Waals surface area contributed by atoms with E-state index in [1.807, 2.05) is 42.2 Å². The molecule has 1 aliphatic heterocycles. The second kappa shape index (κ2) is 4.42. The lowest BCUT2D eigenvalue weighted by atomic mass is 10.1. The van der Waals surface area contributed by atoms with Gasteiger partial charge in [0.2, 0.25) is 0 Å². The van der Waals surface area contributed by atoms with E-state index < -0.39 is 0 Å². The van der Waals surface area contributed by atoms with Crippen molar-refractivity contribution < 1.29 is 0 Å². The van der Waals surface area contributed by atoms with Gasteiger partial charge in [-0.25, -0.2) is 0 Å². The zero-order valence-corrected chi connectivity index (χ0v) is 11.8. The Labute approximate surface area is 123 Å². The van der Waals surface area contributed by atoms with Crippen LogP contribution in [0.1, 0.15) is 16.8 Å². The first kappa shape index (κ1) is 12.1. The summed E-state index contributed by atoms with van der Waals surface area (Å²) in [6.07, 6.45) is 0. The number of aryl methyl sites for hydroxylation is 1. The average Bonchev–Trinajstić information content (AvgIpc) is 2.84. The molecule has 4 rings (SSSR count). The summed E-state index contributed by atoms with van der Waals surface area (Å²) in [5.41, 5.74) is 5.19. The number of pyridine rings is 1. The van der Waals surface area contributed by atoms with Crippen LogP contribution in [-0.2, 0) is 6.54 Å². The average molecular weight is 273 g/mol. The van der Waals surface area contributed by atoms with E-state index in [0.717, 1.165) is 34.4 Å². The van der Waals surface area contributed by atoms with Gasteiger partial charge >= 0.3 is 0 Å². The Bertz CT molecular complexity index is 867. The first-order valence-corrected chi connectivity index (χ1v) is 7.05. The molecule has 3 nitrogen and oxygen atoms in total. The molecule has 2 aromatic carbocycles. The van der Waals surface area contributed by atoms with Crippen LogP contribution in [-0.4, -0.2) is 10.8 Å². The van der Waals surface area contributed by atoms with E-state index in [1.165, 1.54) is 5.56 Å². The minimum atomic E-state index is 0.557. The topological polar surface area (TPSA) is 40.0 Å². The van der Waals surface area contributed by atoms with Crippen molar-refractivity contribution in [3.05, 3.63) is 71.4 Å². The van der Waals surface area contributed by atoms with Crippen molar-refractivity contribution in [3.63, 3.8) is 0 Å². The van der Waals surface area contributed by atoms with Gasteiger partial charge in [0.05, 0.1) is 17.7 Å². The molecule has 3 heteroatoms. The Kier molecular flexibility index (Phi) is 2.54. The molecule has 21 heavy (non-hydrogen) atoms. The van der Waals surface area contributed by atoms with Crippen molar-refractivity contribution in [1.82, 2.24) is 4.98 Å². The molecule has 1 aromatic heterocycles. The minimum absolute atomic E-state index is 0.557. The van der Waals surface area contributed by atoms with Crippen molar-refractivity contribution >= 4 is 22.4 Å². The fourth-order valence-corrected chi connectivity index (χ4v) is 2.94. The molecule has 2 heterocycles. The Hall–Kier alpha value is -2.68. The van der Waals surface area contributed by atoms with E-state index >= 15 is 0 Å². The van der Waals surface area contributed by atoms with Crippen LogP contribution in [0.5, 0.6) is 0 Å². The summed E-state index contributed by atoms with van der Waals surface area (Å²) < 4.78 is 0. The van der Waals surface area contributed by atoms with Crippen molar-refractivity contribution in [2.45, 2.75) is 13.5 Å². The lowest BCUT2D eigenvalue weighted by molar-refractivity contribution is 1.05. The third kappa shape index (κ3) is 1.82. The molecule has 0 aliphatic carbocycles. The zero-order valence-electron chi connectivity index (χ0n) is 11.8. The molecule has 0 saturated carbocycles. The van der Waals surface area contributed by atoms with E-state index in [4.69, 9.17) is 5.41 Å². The third-order valence-electron chi connectivity index (χ3n) is 4.00. The number of benzene rings is 2. The number of aromatic nitrogens is 1. The predicted molar refractivity (Wildman–Crippen MR) is 85.9 cm³/mol. The van der Waals surface area contributed by atoms with Gasteiger partial charge in [0.25, 0.3) is 0 Å². The summed E-state index contributed by atoms with van der Waals surface area (Å²) in [6, 6.07) is 18.4. The lowest BCUT2D eigenvalue weighted by Gasteiger charge is -2.19. The SMILES string of the molecule is Cc1ccc2cccc(N3Cc4ccccc4C3=N)c2n1. The second-order valence-corrected chi connectivity index (χ2v) is 5.39. The Morgan fingerprint density at radius 3 is 2.71 bits per heavy atom. The van der Waals surface area contributed by atoms with Crippen LogP contribution in [0.4, 0.5) is 5.69 Å². The van der Waals surface area contributed by atoms with Crippen LogP contribution < -0.4 is 4.90 Å². The van der Waals surface area contributed by atoms with E-state index in [2.05, 4.69) is 29.2 Å². The standard InChI is InChI=1S/C18H15N3/c1-12-9-10-13-6-4-8-16(17(13)20-12)21-11-14-5-2-3-7-15(14)18(21)19/h2-10,19H,11H2,1H3. The molecule has 3 aromatic rings. The van der Waals surface area contributed by atoms with Gasteiger partial charge in [-0.15, -0.1) is 0 Å². The molecule has 1 aliphatic rings. The number of nitrogens with one attached hydrogen (secondary N) is 1. The maximum Gasteiger partial charge on any atom is 0.133 e. The first-order chi connectivity index (χ1) is 10.2. The predicted octanol–water partition coefficient (Wildman–Crippen LogP) is 3.89. The van der Waals surface area contributed by atoms with Crippen molar-refractivity contribution in [2.75, 3.05) is 4.90 Å². The zero-order chi connectivity index (χ0) is 14.4. The third-order valence-corrected chi connectivity index (χ3v) is 4.00. The van der Waals surface area contributed by atoms with Gasteiger partial charge in [-0.3, -0.25) is 10.4 Å². The number of anilines is 1. The highest BCUT2D eigenvalue weighted by Gasteiger charge is 2.26. The first-order valence-electron chi connectivity index (χ1n) is 7.05. The summed E-state index contributed by atoms with van der Waals surface area (Å²) in [5.74, 6) is 0.557. The minimum Gasteiger partial charge on any atom is -0.320 e. The molecular weight excluding hydrogens is 258 g/mol. The van der Waals surface area contributed by atoms with Gasteiger partial charge in [0.1, 0.15) is 5.84 Å². The largest absolute Gasteiger partial charge is 0.320 e. The summed E-state index contributed by atoms with van der Waals surface area (Å²) in [5, 5.41) is 9.57. The van der Waals surface area contributed by atoms with Crippen molar-refractivity contribution in [1.29, 1.82) is 5.41 Å². The van der Waals surface area contributed by atoms with Gasteiger partial charge in [-0.1, -0.05) is 42.5 Å². The van der Waals surface area contributed by atoms with E-state index in [0.29, 0.717) is 5.84 Å². The highest BCUT2D eigenvalue weighted by molar-refractivity contribution is 6.14. The van der Waals surface area contributed by atoms with Gasteiger partial charge in [0.15, 0.2) is 0 Å². The Morgan fingerprint density at radius 1 is 1.00 bits per heavy atom. The van der Waals surface area contributed by atoms with Crippen molar-refractivity contribution in [2.24, 2.45) is 0 Å². The number of nitrogens with zero attached hydrogens (tertiary/aromatic N) is 2. The summed E-state index contributed by atoms with van der Waals surface area (Å²) in [4.78, 5) is 6.72. The Balaban J connectivity index is 1.89. The van der Waals surface area contributed by atoms with Crippen molar-refractivity contribution in [3.8, 4) is 0 Å². The molecule has 0 saturated heterocycles. The molecule has 0 amide bonds. The van der Waals surface area contributed by atoms with E-state index in [9.17, 15) is 0 Å². The fraction of sp³-hybridized carbons (Fsp3) is 0.111. The van der Waals surface area contributed by atoms with Gasteiger partial charge in [-0.05, 0) is 24.6 Å². The number of amidine groups is 1. The summed E-state index contributed by atoms with van der Waals surface area (Å²) >= 11 is 0. The molecule has 0 atom stereocenters. The van der Waals surface area contributed by atoms with Gasteiger partial charge in [0, 0.05) is 16.6 Å². The maximum atomic E-state index is 8.45. The molecule has 0 radical (unpaired) electrons. The summed E-state index contributed by atoms with van der Waals surface area (Å²) in [7, 11) is 0. The molecule has 0 spiro atoms. The highest BCUT2D eigenvalue weighted by atomic mass is 15.2. The van der Waals surface area contributed by atoms with Crippen LogP contribution in [0.2, 0.25) is 0 Å². The number of hydrogen-bond acceptors (Lipinski definition) is 2. The van der Waals surface area contributed by atoms with Crippen LogP contribution >= 0.6 is 0 Å². The number of rotatable bonds is 1. The van der Waals surface area contributed by atoms with Gasteiger partial charge in [-0.2, -0.15) is 0 Å². The van der Waals surface area contributed by atoms with Crippen LogP contribution in [0.3, 0.4) is 0 Å². The molecular formula is C18H15N3. The van der Waals surface area contributed by atoms with Crippen LogP contribution in [0, 0.1) is 12.3 Å². The fourth-order valence-electron chi connectivity index (χ4n) is 2.94. The lowest BCUT2D eigenvalue weighted by Crippen LogP contribution is -2.23.